The van der Waals surface area contributed by atoms with E-state index in [0.717, 1.165) is 5.75 Å². The van der Waals surface area contributed by atoms with Crippen molar-refractivity contribution in [3.63, 3.8) is 0 Å². The van der Waals surface area contributed by atoms with Gasteiger partial charge in [-0.1, -0.05) is 32.0 Å². The van der Waals surface area contributed by atoms with E-state index in [9.17, 15) is 0 Å². The molecule has 0 bridgehead atoms. The van der Waals surface area contributed by atoms with Crippen molar-refractivity contribution in [1.29, 1.82) is 0 Å². The highest BCUT2D eigenvalue weighted by atomic mass is 32.2. The van der Waals surface area contributed by atoms with E-state index in [0.29, 0.717) is 11.8 Å². The summed E-state index contributed by atoms with van der Waals surface area (Å²) in [4.78, 5) is 0. The van der Waals surface area contributed by atoms with E-state index in [1.165, 1.54) is 22.0 Å². The molecule has 92 valence electrons. The van der Waals surface area contributed by atoms with Gasteiger partial charge in [0.25, 0.3) is 0 Å². The summed E-state index contributed by atoms with van der Waals surface area (Å²) in [5.41, 5.74) is 9.73. The minimum atomic E-state index is 0.603. The van der Waals surface area contributed by atoms with Gasteiger partial charge in [0.05, 0.1) is 5.52 Å². The summed E-state index contributed by atoms with van der Waals surface area (Å²) < 4.78 is 2.20. The zero-order valence-electron chi connectivity index (χ0n) is 10.7. The van der Waals surface area contributed by atoms with Gasteiger partial charge in [-0.05, 0) is 16.4 Å². The quantitative estimate of drug-likeness (QED) is 0.900. The third-order valence-electron chi connectivity index (χ3n) is 2.96. The number of hydrogen-bond acceptors (Lipinski definition) is 2. The largest absolute Gasteiger partial charge is 0.350 e. The number of benzene rings is 1. The van der Waals surface area contributed by atoms with Crippen LogP contribution in [0.3, 0.4) is 0 Å². The molecule has 0 amide bonds. The number of nitrogens with zero attached hydrogens (tertiary/aromatic N) is 1. The van der Waals surface area contributed by atoms with Crippen LogP contribution >= 0.6 is 11.8 Å². The van der Waals surface area contributed by atoms with Gasteiger partial charge >= 0.3 is 0 Å². The number of aryl methyl sites for hydroxylation is 1. The lowest BCUT2D eigenvalue weighted by Gasteiger charge is -2.04. The van der Waals surface area contributed by atoms with E-state index in [1.807, 2.05) is 11.8 Å². The van der Waals surface area contributed by atoms with E-state index in [2.05, 4.69) is 49.9 Å². The second-order valence-electron chi connectivity index (χ2n) is 4.64. The third kappa shape index (κ3) is 2.50. The summed E-state index contributed by atoms with van der Waals surface area (Å²) >= 11 is 1.98. The Hall–Kier alpha value is -0.930. The fraction of sp³-hybridized carbons (Fsp3) is 0.429. The van der Waals surface area contributed by atoms with Crippen LogP contribution in [0.5, 0.6) is 0 Å². The number of para-hydroxylation sites is 1. The van der Waals surface area contributed by atoms with E-state index in [1.54, 1.807) is 0 Å². The van der Waals surface area contributed by atoms with Crippen LogP contribution in [0.15, 0.2) is 24.4 Å². The lowest BCUT2D eigenvalue weighted by Crippen LogP contribution is -1.99. The summed E-state index contributed by atoms with van der Waals surface area (Å²) in [6, 6.07) is 6.42. The molecule has 2 aromatic rings. The Balaban J connectivity index is 2.45. The first kappa shape index (κ1) is 12.5. The van der Waals surface area contributed by atoms with Gasteiger partial charge in [-0.3, -0.25) is 0 Å². The molecular formula is C14H20N2S. The van der Waals surface area contributed by atoms with Crippen LogP contribution in [0, 0.1) is 0 Å². The molecule has 0 atom stereocenters. The van der Waals surface area contributed by atoms with Crippen molar-refractivity contribution < 1.29 is 0 Å². The van der Waals surface area contributed by atoms with Crippen molar-refractivity contribution in [2.75, 3.05) is 0 Å². The van der Waals surface area contributed by atoms with Gasteiger partial charge in [0.2, 0.25) is 0 Å². The van der Waals surface area contributed by atoms with Crippen molar-refractivity contribution in [2.24, 2.45) is 12.8 Å². The predicted molar refractivity (Wildman–Crippen MR) is 77.2 cm³/mol. The summed E-state index contributed by atoms with van der Waals surface area (Å²) in [5.74, 6) is 1.07. The SMILES string of the molecule is CC(C)SCc1cn(C)c2c(CN)cccc12. The van der Waals surface area contributed by atoms with Crippen LogP contribution in [0.4, 0.5) is 0 Å². The number of hydrogen-bond donors (Lipinski definition) is 1. The third-order valence-corrected chi connectivity index (χ3v) is 4.10. The Morgan fingerprint density at radius 3 is 2.71 bits per heavy atom. The fourth-order valence-electron chi connectivity index (χ4n) is 2.17. The highest BCUT2D eigenvalue weighted by Gasteiger charge is 2.09. The summed E-state index contributed by atoms with van der Waals surface area (Å²) in [7, 11) is 2.10. The van der Waals surface area contributed by atoms with Gasteiger partial charge < -0.3 is 10.3 Å². The maximum absolute atomic E-state index is 5.80. The van der Waals surface area contributed by atoms with Crippen molar-refractivity contribution in [1.82, 2.24) is 4.57 Å². The van der Waals surface area contributed by atoms with E-state index >= 15 is 0 Å². The molecule has 17 heavy (non-hydrogen) atoms. The van der Waals surface area contributed by atoms with Gasteiger partial charge in [0.1, 0.15) is 0 Å². The molecule has 1 aromatic heterocycles. The standard InChI is InChI=1S/C14H20N2S/c1-10(2)17-9-12-8-16(3)14-11(7-15)5-4-6-13(12)14/h4-6,8,10H,7,9,15H2,1-3H3. The minimum absolute atomic E-state index is 0.603. The van der Waals surface area contributed by atoms with Crippen LogP contribution < -0.4 is 5.73 Å². The van der Waals surface area contributed by atoms with Crippen molar-refractivity contribution in [3.8, 4) is 0 Å². The fourth-order valence-corrected chi connectivity index (χ4v) is 2.91. The van der Waals surface area contributed by atoms with E-state index in [-0.39, 0.29) is 0 Å². The van der Waals surface area contributed by atoms with Crippen LogP contribution in [0.25, 0.3) is 10.9 Å². The molecule has 0 aliphatic rings. The summed E-state index contributed by atoms with van der Waals surface area (Å²) in [6.07, 6.45) is 2.24. The monoisotopic (exact) mass is 248 g/mol. The van der Waals surface area contributed by atoms with Gasteiger partial charge in [-0.15, -0.1) is 0 Å². The first-order valence-electron chi connectivity index (χ1n) is 6.01. The van der Waals surface area contributed by atoms with Crippen molar-refractivity contribution in [3.05, 3.63) is 35.5 Å². The Bertz CT molecular complexity index is 514. The smallest absolute Gasteiger partial charge is 0.0526 e. The van der Waals surface area contributed by atoms with Crippen LogP contribution in [0.2, 0.25) is 0 Å². The van der Waals surface area contributed by atoms with E-state index < -0.39 is 0 Å². The maximum atomic E-state index is 5.80. The minimum Gasteiger partial charge on any atom is -0.350 e. The molecule has 0 saturated carbocycles. The van der Waals surface area contributed by atoms with E-state index in [4.69, 9.17) is 5.73 Å². The first-order chi connectivity index (χ1) is 8.13. The molecule has 0 fully saturated rings. The first-order valence-corrected chi connectivity index (χ1v) is 7.05. The number of aromatic nitrogens is 1. The van der Waals surface area contributed by atoms with Gasteiger partial charge in [-0.2, -0.15) is 11.8 Å². The Morgan fingerprint density at radius 1 is 1.29 bits per heavy atom. The average molecular weight is 248 g/mol. The normalized spacial score (nSPS) is 11.6. The molecule has 0 aliphatic carbocycles. The zero-order chi connectivity index (χ0) is 12.4. The molecule has 0 spiro atoms. The number of nitrogens with two attached hydrogens (primary N) is 1. The second kappa shape index (κ2) is 5.15. The Labute approximate surface area is 107 Å². The molecule has 1 heterocycles. The van der Waals surface area contributed by atoms with Crippen molar-refractivity contribution in [2.45, 2.75) is 31.4 Å². The van der Waals surface area contributed by atoms with Gasteiger partial charge in [0.15, 0.2) is 0 Å². The summed E-state index contributed by atoms with van der Waals surface area (Å²) in [6.45, 7) is 5.08. The molecule has 0 saturated heterocycles. The number of fused-ring (bicyclic) bond motifs is 1. The number of rotatable bonds is 4. The van der Waals surface area contributed by atoms with Crippen LogP contribution in [0.1, 0.15) is 25.0 Å². The molecule has 2 nitrogen and oxygen atoms in total. The second-order valence-corrected chi connectivity index (χ2v) is 6.21. The Morgan fingerprint density at radius 2 is 2.06 bits per heavy atom. The Kier molecular flexibility index (Phi) is 3.79. The molecule has 0 unspecified atom stereocenters. The van der Waals surface area contributed by atoms with Gasteiger partial charge in [0, 0.05) is 30.9 Å². The maximum Gasteiger partial charge on any atom is 0.0526 e. The lowest BCUT2D eigenvalue weighted by molar-refractivity contribution is 0.944. The number of thioether (sulfide) groups is 1. The molecule has 2 rings (SSSR count). The predicted octanol–water partition coefficient (Wildman–Crippen LogP) is 3.28. The van der Waals surface area contributed by atoms with Gasteiger partial charge in [-0.25, -0.2) is 0 Å². The highest BCUT2D eigenvalue weighted by molar-refractivity contribution is 7.99. The molecule has 2 N–H and O–H groups in total. The average Bonchev–Trinajstić information content (AvgIpc) is 2.64. The summed E-state index contributed by atoms with van der Waals surface area (Å²) in [5, 5.41) is 2.02. The van der Waals surface area contributed by atoms with Crippen LogP contribution in [-0.2, 0) is 19.3 Å². The van der Waals surface area contributed by atoms with Crippen molar-refractivity contribution >= 4 is 22.7 Å². The lowest BCUT2D eigenvalue weighted by atomic mass is 10.1. The molecule has 1 aromatic carbocycles. The van der Waals surface area contributed by atoms with Crippen LogP contribution in [-0.4, -0.2) is 9.82 Å². The molecule has 0 aliphatic heterocycles. The molecular weight excluding hydrogens is 228 g/mol. The molecule has 0 radical (unpaired) electrons. The highest BCUT2D eigenvalue weighted by Crippen LogP contribution is 2.28. The molecule has 3 heteroatoms. The zero-order valence-corrected chi connectivity index (χ0v) is 11.6. The topological polar surface area (TPSA) is 30.9 Å².